The molecule has 0 aliphatic carbocycles. The second kappa shape index (κ2) is 8.55. The van der Waals surface area contributed by atoms with E-state index in [1.807, 2.05) is 48.0 Å². The van der Waals surface area contributed by atoms with Crippen molar-refractivity contribution in [2.24, 2.45) is 7.05 Å². The maximum atomic E-state index is 12.3. The highest BCUT2D eigenvalue weighted by Gasteiger charge is 2.19. The van der Waals surface area contributed by atoms with Crippen molar-refractivity contribution in [2.75, 3.05) is 0 Å². The van der Waals surface area contributed by atoms with E-state index < -0.39 is 5.25 Å². The Balaban J connectivity index is 1.59. The van der Waals surface area contributed by atoms with E-state index in [9.17, 15) is 9.59 Å². The van der Waals surface area contributed by atoms with Gasteiger partial charge in [0.05, 0.1) is 17.1 Å². The van der Waals surface area contributed by atoms with E-state index in [4.69, 9.17) is 0 Å². The number of nitrogens with zero attached hydrogens (tertiary/aromatic N) is 2. The largest absolute Gasteiger partial charge is 0.322 e. The summed E-state index contributed by atoms with van der Waals surface area (Å²) in [5.74, 6) is -0.655. The van der Waals surface area contributed by atoms with E-state index in [1.165, 1.54) is 11.8 Å². The van der Waals surface area contributed by atoms with Crippen LogP contribution in [0.1, 0.15) is 17.3 Å². The second-order valence-corrected chi connectivity index (χ2v) is 7.23. The molecule has 27 heavy (non-hydrogen) atoms. The Morgan fingerprint density at radius 1 is 1.00 bits per heavy atom. The smallest absolute Gasteiger partial charge is 0.269 e. The van der Waals surface area contributed by atoms with Crippen LogP contribution in [0.2, 0.25) is 0 Å². The summed E-state index contributed by atoms with van der Waals surface area (Å²) in [5, 5.41) is 0.302. The van der Waals surface area contributed by atoms with E-state index in [2.05, 4.69) is 15.8 Å². The maximum Gasteiger partial charge on any atom is 0.269 e. The summed E-state index contributed by atoms with van der Waals surface area (Å²) in [5.41, 5.74) is 7.41. The molecule has 0 saturated heterocycles. The minimum atomic E-state index is -0.425. The zero-order valence-electron chi connectivity index (χ0n) is 15.0. The highest BCUT2D eigenvalue weighted by molar-refractivity contribution is 8.00. The fraction of sp³-hybridized carbons (Fsp3) is 0.150. The number of carbonyl (C=O) groups is 2. The number of hydrogen-bond donors (Lipinski definition) is 2. The number of nitrogens with one attached hydrogen (secondary N) is 2. The SMILES string of the molecule is C[C@@H](Sc1ncc(-c2ccccc2)n1C)C(=O)NNC(=O)c1ccccc1. The molecular formula is C20H20N4O2S. The lowest BCUT2D eigenvalue weighted by atomic mass is 10.2. The maximum absolute atomic E-state index is 12.3. The molecule has 0 aliphatic rings. The van der Waals surface area contributed by atoms with Gasteiger partial charge in [0, 0.05) is 12.6 Å². The van der Waals surface area contributed by atoms with E-state index in [-0.39, 0.29) is 11.8 Å². The number of hydrogen-bond acceptors (Lipinski definition) is 4. The van der Waals surface area contributed by atoms with Gasteiger partial charge in [0.25, 0.3) is 11.8 Å². The Hall–Kier alpha value is -3.06. The topological polar surface area (TPSA) is 76.0 Å². The van der Waals surface area contributed by atoms with Crippen molar-refractivity contribution >= 4 is 23.6 Å². The van der Waals surface area contributed by atoms with Gasteiger partial charge in [-0.25, -0.2) is 4.98 Å². The number of rotatable bonds is 5. The minimum absolute atomic E-state index is 0.298. The van der Waals surface area contributed by atoms with Crippen LogP contribution in [0.15, 0.2) is 72.0 Å². The molecule has 6 nitrogen and oxygen atoms in total. The number of amides is 2. The third-order valence-corrected chi connectivity index (χ3v) is 5.16. The number of benzene rings is 2. The van der Waals surface area contributed by atoms with Crippen molar-refractivity contribution in [2.45, 2.75) is 17.3 Å². The zero-order valence-corrected chi connectivity index (χ0v) is 15.9. The van der Waals surface area contributed by atoms with Gasteiger partial charge in [0.1, 0.15) is 0 Å². The van der Waals surface area contributed by atoms with Crippen LogP contribution in [-0.2, 0) is 11.8 Å². The lowest BCUT2D eigenvalue weighted by molar-refractivity contribution is -0.121. The Kier molecular flexibility index (Phi) is 5.93. The van der Waals surface area contributed by atoms with Crippen LogP contribution in [-0.4, -0.2) is 26.6 Å². The van der Waals surface area contributed by atoms with E-state index >= 15 is 0 Å². The van der Waals surface area contributed by atoms with Crippen molar-refractivity contribution < 1.29 is 9.59 Å². The van der Waals surface area contributed by atoms with Gasteiger partial charge in [0.15, 0.2) is 5.16 Å². The summed E-state index contributed by atoms with van der Waals surface area (Å²) >= 11 is 1.33. The van der Waals surface area contributed by atoms with Crippen molar-refractivity contribution in [3.05, 3.63) is 72.4 Å². The molecule has 3 rings (SSSR count). The van der Waals surface area contributed by atoms with Crippen molar-refractivity contribution in [3.63, 3.8) is 0 Å². The molecule has 0 saturated carbocycles. The quantitative estimate of drug-likeness (QED) is 0.527. The molecule has 0 aliphatic heterocycles. The Morgan fingerprint density at radius 3 is 2.30 bits per heavy atom. The molecule has 0 unspecified atom stereocenters. The third-order valence-electron chi connectivity index (χ3n) is 4.00. The predicted molar refractivity (Wildman–Crippen MR) is 106 cm³/mol. The number of aromatic nitrogens is 2. The molecule has 138 valence electrons. The van der Waals surface area contributed by atoms with Gasteiger partial charge in [-0.3, -0.25) is 20.4 Å². The Labute approximate surface area is 162 Å². The highest BCUT2D eigenvalue weighted by atomic mass is 32.2. The van der Waals surface area contributed by atoms with Crippen LogP contribution in [0.5, 0.6) is 0 Å². The van der Waals surface area contributed by atoms with Crippen molar-refractivity contribution in [1.29, 1.82) is 0 Å². The van der Waals surface area contributed by atoms with Crippen molar-refractivity contribution in [3.8, 4) is 11.3 Å². The fourth-order valence-corrected chi connectivity index (χ4v) is 3.32. The summed E-state index contributed by atoms with van der Waals surface area (Å²) in [4.78, 5) is 28.7. The first-order valence-corrected chi connectivity index (χ1v) is 9.33. The highest BCUT2D eigenvalue weighted by Crippen LogP contribution is 2.27. The number of thioether (sulfide) groups is 1. The summed E-state index contributed by atoms with van der Waals surface area (Å²) in [6.45, 7) is 1.77. The summed E-state index contributed by atoms with van der Waals surface area (Å²) < 4.78 is 1.95. The summed E-state index contributed by atoms with van der Waals surface area (Å²) in [6, 6.07) is 18.7. The number of carbonyl (C=O) groups excluding carboxylic acids is 2. The zero-order chi connectivity index (χ0) is 19.2. The monoisotopic (exact) mass is 380 g/mol. The molecule has 0 spiro atoms. The van der Waals surface area contributed by atoms with Crippen LogP contribution >= 0.6 is 11.8 Å². The molecule has 1 atom stereocenters. The molecule has 0 fully saturated rings. The minimum Gasteiger partial charge on any atom is -0.322 e. The van der Waals surface area contributed by atoms with Gasteiger partial charge < -0.3 is 4.57 Å². The lowest BCUT2D eigenvalue weighted by Crippen LogP contribution is -2.44. The molecule has 2 aromatic carbocycles. The van der Waals surface area contributed by atoms with Gasteiger partial charge in [-0.05, 0) is 24.6 Å². The second-order valence-electron chi connectivity index (χ2n) is 5.92. The van der Waals surface area contributed by atoms with Gasteiger partial charge in [-0.1, -0.05) is 60.3 Å². The summed E-state index contributed by atoms with van der Waals surface area (Å²) in [7, 11) is 1.92. The average Bonchev–Trinajstić information content (AvgIpc) is 3.07. The molecule has 2 amide bonds. The molecular weight excluding hydrogens is 360 g/mol. The van der Waals surface area contributed by atoms with Gasteiger partial charge in [0.2, 0.25) is 0 Å². The fourth-order valence-electron chi connectivity index (χ4n) is 2.47. The first-order chi connectivity index (χ1) is 13.1. The number of hydrazine groups is 1. The third kappa shape index (κ3) is 4.57. The van der Waals surface area contributed by atoms with Crippen LogP contribution < -0.4 is 10.9 Å². The summed E-state index contributed by atoms with van der Waals surface area (Å²) in [6.07, 6.45) is 1.79. The Morgan fingerprint density at radius 2 is 1.63 bits per heavy atom. The standard InChI is InChI=1S/C20H20N4O2S/c1-14(18(25)22-23-19(26)16-11-7-4-8-12-16)27-20-21-13-17(24(20)2)15-9-5-3-6-10-15/h3-14H,1-2H3,(H,22,25)(H,23,26)/t14-/m1/s1. The molecule has 0 radical (unpaired) electrons. The van der Waals surface area contributed by atoms with Crippen LogP contribution in [0.3, 0.4) is 0 Å². The molecule has 3 aromatic rings. The number of imidazole rings is 1. The normalized spacial score (nSPS) is 11.6. The molecule has 1 heterocycles. The van der Waals surface area contributed by atoms with Gasteiger partial charge in [-0.15, -0.1) is 0 Å². The Bertz CT molecular complexity index is 926. The van der Waals surface area contributed by atoms with Gasteiger partial charge >= 0.3 is 0 Å². The molecule has 0 bridgehead atoms. The van der Waals surface area contributed by atoms with Crippen LogP contribution in [0.4, 0.5) is 0 Å². The predicted octanol–water partition coefficient (Wildman–Crippen LogP) is 3.03. The van der Waals surface area contributed by atoms with Gasteiger partial charge in [-0.2, -0.15) is 0 Å². The average molecular weight is 380 g/mol. The van der Waals surface area contributed by atoms with Crippen LogP contribution in [0, 0.1) is 0 Å². The van der Waals surface area contributed by atoms with E-state index in [0.29, 0.717) is 5.56 Å². The van der Waals surface area contributed by atoms with Crippen LogP contribution in [0.25, 0.3) is 11.3 Å². The lowest BCUT2D eigenvalue weighted by Gasteiger charge is -2.13. The first-order valence-electron chi connectivity index (χ1n) is 8.45. The van der Waals surface area contributed by atoms with Crippen molar-refractivity contribution in [1.82, 2.24) is 20.4 Å². The molecule has 2 N–H and O–H groups in total. The first kappa shape index (κ1) is 18.7. The molecule has 7 heteroatoms. The van der Waals surface area contributed by atoms with E-state index in [1.54, 1.807) is 37.4 Å². The molecule has 1 aromatic heterocycles. The van der Waals surface area contributed by atoms with E-state index in [0.717, 1.165) is 16.4 Å².